The molecular formula is C16H26N2O2. The first-order valence-corrected chi connectivity index (χ1v) is 7.33. The van der Waals surface area contributed by atoms with E-state index in [2.05, 4.69) is 24.0 Å². The minimum atomic E-state index is 0.368. The zero-order valence-corrected chi connectivity index (χ0v) is 12.8. The normalized spacial score (nSPS) is 23.6. The van der Waals surface area contributed by atoms with Crippen molar-refractivity contribution in [3.05, 3.63) is 23.8 Å². The number of nitrogens with two attached hydrogens (primary N) is 1. The van der Waals surface area contributed by atoms with Gasteiger partial charge in [0.15, 0.2) is 11.5 Å². The van der Waals surface area contributed by atoms with Crippen LogP contribution in [0.2, 0.25) is 0 Å². The molecule has 1 fully saturated rings. The Bertz CT molecular complexity index is 436. The lowest BCUT2D eigenvalue weighted by Gasteiger charge is -2.35. The molecule has 2 atom stereocenters. The second-order valence-electron chi connectivity index (χ2n) is 5.67. The monoisotopic (exact) mass is 278 g/mol. The Morgan fingerprint density at radius 1 is 1.25 bits per heavy atom. The molecule has 2 unspecified atom stereocenters. The fraction of sp³-hybridized carbons (Fsp3) is 0.625. The molecule has 1 aliphatic heterocycles. The fourth-order valence-electron chi connectivity index (χ4n) is 2.78. The number of nitrogens with zero attached hydrogens (tertiary/aromatic N) is 1. The van der Waals surface area contributed by atoms with Crippen LogP contribution in [0, 0.1) is 5.92 Å². The standard InChI is InChI=1S/C16H26N2O2/c1-12-11-18(9-7-14(12)17)8-6-13-4-5-15(19-2)16(10-13)20-3/h4-5,10,12,14H,6-9,11,17H2,1-3H3. The van der Waals surface area contributed by atoms with Gasteiger partial charge in [0.05, 0.1) is 14.2 Å². The number of hydrogen-bond donors (Lipinski definition) is 1. The molecule has 4 heteroatoms. The van der Waals surface area contributed by atoms with E-state index in [9.17, 15) is 0 Å². The molecule has 2 N–H and O–H groups in total. The van der Waals surface area contributed by atoms with Gasteiger partial charge in [0, 0.05) is 19.1 Å². The summed E-state index contributed by atoms with van der Waals surface area (Å²) in [5.74, 6) is 2.18. The SMILES string of the molecule is COc1ccc(CCN2CCC(N)C(C)C2)cc1OC. The van der Waals surface area contributed by atoms with Crippen molar-refractivity contribution in [1.82, 2.24) is 4.90 Å². The molecule has 1 aromatic carbocycles. The van der Waals surface area contributed by atoms with Gasteiger partial charge in [0.2, 0.25) is 0 Å². The highest BCUT2D eigenvalue weighted by Crippen LogP contribution is 2.27. The topological polar surface area (TPSA) is 47.7 Å². The lowest BCUT2D eigenvalue weighted by atomic mass is 9.94. The average molecular weight is 278 g/mol. The first kappa shape index (κ1) is 15.1. The molecule has 1 heterocycles. The van der Waals surface area contributed by atoms with E-state index in [1.165, 1.54) is 5.56 Å². The largest absolute Gasteiger partial charge is 0.493 e. The Hall–Kier alpha value is -1.26. The lowest BCUT2D eigenvalue weighted by Crippen LogP contribution is -2.46. The van der Waals surface area contributed by atoms with Gasteiger partial charge >= 0.3 is 0 Å². The van der Waals surface area contributed by atoms with Gasteiger partial charge in [-0.05, 0) is 43.0 Å². The highest BCUT2D eigenvalue weighted by atomic mass is 16.5. The summed E-state index contributed by atoms with van der Waals surface area (Å²) in [6.45, 7) is 5.53. The summed E-state index contributed by atoms with van der Waals surface area (Å²) >= 11 is 0. The molecule has 0 bridgehead atoms. The second-order valence-corrected chi connectivity index (χ2v) is 5.67. The summed E-state index contributed by atoms with van der Waals surface area (Å²) in [6, 6.07) is 6.52. The van der Waals surface area contributed by atoms with Crippen molar-refractivity contribution in [2.75, 3.05) is 33.9 Å². The van der Waals surface area contributed by atoms with E-state index in [1.54, 1.807) is 14.2 Å². The van der Waals surface area contributed by atoms with E-state index in [0.717, 1.165) is 44.0 Å². The van der Waals surface area contributed by atoms with Crippen LogP contribution < -0.4 is 15.2 Å². The van der Waals surface area contributed by atoms with Crippen molar-refractivity contribution in [3.8, 4) is 11.5 Å². The lowest BCUT2D eigenvalue weighted by molar-refractivity contribution is 0.166. The van der Waals surface area contributed by atoms with E-state index < -0.39 is 0 Å². The molecule has 0 amide bonds. The van der Waals surface area contributed by atoms with E-state index in [4.69, 9.17) is 15.2 Å². The van der Waals surface area contributed by atoms with Gasteiger partial charge in [0.1, 0.15) is 0 Å². The van der Waals surface area contributed by atoms with E-state index >= 15 is 0 Å². The van der Waals surface area contributed by atoms with Crippen LogP contribution >= 0.6 is 0 Å². The molecule has 0 saturated carbocycles. The van der Waals surface area contributed by atoms with Crippen molar-refractivity contribution in [2.45, 2.75) is 25.8 Å². The Balaban J connectivity index is 1.91. The summed E-state index contributed by atoms with van der Waals surface area (Å²) < 4.78 is 10.6. The summed E-state index contributed by atoms with van der Waals surface area (Å²) in [7, 11) is 3.34. The van der Waals surface area contributed by atoms with Gasteiger partial charge in [0.25, 0.3) is 0 Å². The highest BCUT2D eigenvalue weighted by Gasteiger charge is 2.22. The Kier molecular flexibility index (Phi) is 5.26. The second kappa shape index (κ2) is 6.95. The van der Waals surface area contributed by atoms with Gasteiger partial charge in [-0.2, -0.15) is 0 Å². The molecule has 0 aliphatic carbocycles. The van der Waals surface area contributed by atoms with Gasteiger partial charge in [-0.1, -0.05) is 13.0 Å². The number of benzene rings is 1. The van der Waals surface area contributed by atoms with Crippen LogP contribution in [0.4, 0.5) is 0 Å². The minimum absolute atomic E-state index is 0.368. The van der Waals surface area contributed by atoms with E-state index in [1.807, 2.05) is 6.07 Å². The Morgan fingerprint density at radius 2 is 2.00 bits per heavy atom. The van der Waals surface area contributed by atoms with Crippen LogP contribution in [0.3, 0.4) is 0 Å². The number of piperidine rings is 1. The maximum absolute atomic E-state index is 6.06. The Morgan fingerprint density at radius 3 is 2.65 bits per heavy atom. The predicted molar refractivity (Wildman–Crippen MR) is 81.4 cm³/mol. The van der Waals surface area contributed by atoms with E-state index in [-0.39, 0.29) is 0 Å². The number of hydrogen-bond acceptors (Lipinski definition) is 4. The summed E-state index contributed by atoms with van der Waals surface area (Å²) in [5, 5.41) is 0. The van der Waals surface area contributed by atoms with Crippen molar-refractivity contribution in [2.24, 2.45) is 11.7 Å². The first-order chi connectivity index (χ1) is 9.63. The molecule has 1 aromatic rings. The van der Waals surface area contributed by atoms with Gasteiger partial charge < -0.3 is 20.1 Å². The van der Waals surface area contributed by atoms with Crippen molar-refractivity contribution in [1.29, 1.82) is 0 Å². The zero-order chi connectivity index (χ0) is 14.5. The number of methoxy groups -OCH3 is 2. The molecule has 2 rings (SSSR count). The Labute approximate surface area is 121 Å². The molecule has 20 heavy (non-hydrogen) atoms. The van der Waals surface area contributed by atoms with Gasteiger partial charge in [-0.3, -0.25) is 0 Å². The van der Waals surface area contributed by atoms with Gasteiger partial charge in [-0.25, -0.2) is 0 Å². The zero-order valence-electron chi connectivity index (χ0n) is 12.8. The minimum Gasteiger partial charge on any atom is -0.493 e. The molecule has 0 spiro atoms. The number of ether oxygens (including phenoxy) is 2. The number of rotatable bonds is 5. The first-order valence-electron chi connectivity index (χ1n) is 7.33. The molecule has 112 valence electrons. The van der Waals surface area contributed by atoms with Crippen LogP contribution in [-0.4, -0.2) is 44.8 Å². The predicted octanol–water partition coefficient (Wildman–Crippen LogP) is 1.92. The molecule has 4 nitrogen and oxygen atoms in total. The third kappa shape index (κ3) is 3.64. The molecule has 1 saturated heterocycles. The van der Waals surface area contributed by atoms with Crippen molar-refractivity contribution in [3.63, 3.8) is 0 Å². The molecule has 0 aromatic heterocycles. The summed E-state index contributed by atoms with van der Waals surface area (Å²) in [6.07, 6.45) is 2.13. The highest BCUT2D eigenvalue weighted by molar-refractivity contribution is 5.42. The number of likely N-dealkylation sites (tertiary alicyclic amines) is 1. The van der Waals surface area contributed by atoms with Crippen LogP contribution in [0.15, 0.2) is 18.2 Å². The average Bonchev–Trinajstić information content (AvgIpc) is 2.48. The van der Waals surface area contributed by atoms with Crippen LogP contribution in [-0.2, 0) is 6.42 Å². The fourth-order valence-corrected chi connectivity index (χ4v) is 2.78. The van der Waals surface area contributed by atoms with Crippen LogP contribution in [0.5, 0.6) is 11.5 Å². The molecule has 1 aliphatic rings. The maximum atomic E-state index is 6.06. The summed E-state index contributed by atoms with van der Waals surface area (Å²) in [5.41, 5.74) is 7.34. The third-order valence-corrected chi connectivity index (χ3v) is 4.22. The van der Waals surface area contributed by atoms with E-state index in [0.29, 0.717) is 12.0 Å². The van der Waals surface area contributed by atoms with Crippen molar-refractivity contribution < 1.29 is 9.47 Å². The molecule has 0 radical (unpaired) electrons. The smallest absolute Gasteiger partial charge is 0.160 e. The molecular weight excluding hydrogens is 252 g/mol. The van der Waals surface area contributed by atoms with Crippen LogP contribution in [0.25, 0.3) is 0 Å². The third-order valence-electron chi connectivity index (χ3n) is 4.22. The van der Waals surface area contributed by atoms with Crippen LogP contribution in [0.1, 0.15) is 18.9 Å². The van der Waals surface area contributed by atoms with Gasteiger partial charge in [-0.15, -0.1) is 0 Å². The van der Waals surface area contributed by atoms with Crippen molar-refractivity contribution >= 4 is 0 Å². The summed E-state index contributed by atoms with van der Waals surface area (Å²) in [4.78, 5) is 2.50. The maximum Gasteiger partial charge on any atom is 0.160 e. The quantitative estimate of drug-likeness (QED) is 0.894.